The molecule has 1 aromatic carbocycles. The van der Waals surface area contributed by atoms with Gasteiger partial charge >= 0.3 is 0 Å². The number of carbonyl (C=O) groups is 2. The van der Waals surface area contributed by atoms with Gasteiger partial charge in [0.15, 0.2) is 0 Å². The van der Waals surface area contributed by atoms with E-state index in [1.165, 1.54) is 13.1 Å². The molecular formula is C13H11Cl2N3O2. The van der Waals surface area contributed by atoms with Crippen molar-refractivity contribution in [3.8, 4) is 0 Å². The van der Waals surface area contributed by atoms with Gasteiger partial charge < -0.3 is 5.32 Å². The molecule has 0 atom stereocenters. The molecular weight excluding hydrogens is 301 g/mol. The number of nitrogens with zero attached hydrogens (tertiary/aromatic N) is 2. The molecule has 1 amide bonds. The molecule has 0 saturated carbocycles. The Kier molecular flexibility index (Phi) is 4.42. The highest BCUT2D eigenvalue weighted by Gasteiger charge is 2.10. The number of hydrogen-bond acceptors (Lipinski definition) is 3. The summed E-state index contributed by atoms with van der Waals surface area (Å²) in [5.41, 5.74) is 1.18. The molecule has 0 aliphatic carbocycles. The van der Waals surface area contributed by atoms with Gasteiger partial charge in [-0.25, -0.2) is 0 Å². The predicted octanol–water partition coefficient (Wildman–Crippen LogP) is 2.77. The van der Waals surface area contributed by atoms with Crippen molar-refractivity contribution in [2.75, 3.05) is 5.32 Å². The van der Waals surface area contributed by atoms with Crippen LogP contribution in [0, 0.1) is 0 Å². The third-order valence-corrected chi connectivity index (χ3v) is 3.30. The highest BCUT2D eigenvalue weighted by molar-refractivity contribution is 6.39. The molecule has 0 radical (unpaired) electrons. The number of hydrogen-bond donors (Lipinski definition) is 1. The monoisotopic (exact) mass is 311 g/mol. The molecule has 1 aromatic heterocycles. The predicted molar refractivity (Wildman–Crippen MR) is 77.1 cm³/mol. The summed E-state index contributed by atoms with van der Waals surface area (Å²) >= 11 is 12.1. The Morgan fingerprint density at radius 2 is 1.95 bits per heavy atom. The van der Waals surface area contributed by atoms with Gasteiger partial charge in [-0.2, -0.15) is 5.10 Å². The summed E-state index contributed by atoms with van der Waals surface area (Å²) in [5.74, 6) is -1.24. The second-order valence-corrected chi connectivity index (χ2v) is 4.95. The summed E-state index contributed by atoms with van der Waals surface area (Å²) in [6.07, 6.45) is 3.05. The van der Waals surface area contributed by atoms with Crippen LogP contribution in [-0.4, -0.2) is 21.5 Å². The zero-order chi connectivity index (χ0) is 14.7. The van der Waals surface area contributed by atoms with Crippen LogP contribution < -0.4 is 5.32 Å². The zero-order valence-electron chi connectivity index (χ0n) is 10.6. The largest absolute Gasteiger partial charge is 0.317 e. The Bertz CT molecular complexity index is 647. The van der Waals surface area contributed by atoms with Crippen molar-refractivity contribution in [1.29, 1.82) is 0 Å². The topological polar surface area (TPSA) is 64.0 Å². The number of carbonyl (C=O) groups excluding carboxylic acids is 2. The maximum absolute atomic E-state index is 11.2. The smallest absolute Gasteiger partial charge is 0.291 e. The number of nitrogens with one attached hydrogen (secondary N) is 1. The van der Waals surface area contributed by atoms with E-state index in [4.69, 9.17) is 23.2 Å². The average molecular weight is 312 g/mol. The first kappa shape index (κ1) is 14.6. The van der Waals surface area contributed by atoms with Gasteiger partial charge in [0.2, 0.25) is 5.78 Å². The quantitative estimate of drug-likeness (QED) is 0.883. The molecule has 7 heteroatoms. The van der Waals surface area contributed by atoms with Gasteiger partial charge in [-0.1, -0.05) is 29.3 Å². The molecule has 0 aliphatic rings. The second-order valence-electron chi connectivity index (χ2n) is 4.14. The number of halogens is 2. The van der Waals surface area contributed by atoms with Gasteiger partial charge in [0.1, 0.15) is 0 Å². The van der Waals surface area contributed by atoms with Gasteiger partial charge in [-0.05, 0) is 12.1 Å². The maximum atomic E-state index is 11.2. The lowest BCUT2D eigenvalue weighted by molar-refractivity contribution is -0.133. The lowest BCUT2D eigenvalue weighted by Gasteiger charge is -2.06. The number of rotatable bonds is 4. The third-order valence-electron chi connectivity index (χ3n) is 2.59. The summed E-state index contributed by atoms with van der Waals surface area (Å²) in [7, 11) is 0. The van der Waals surface area contributed by atoms with Crippen LogP contribution in [-0.2, 0) is 16.1 Å². The first-order valence-electron chi connectivity index (χ1n) is 5.74. The van der Waals surface area contributed by atoms with Crippen LogP contribution in [0.1, 0.15) is 12.5 Å². The number of Topliss-reactive ketones (excluding diaryl/α,β-unsaturated/α-hetero) is 1. The third kappa shape index (κ3) is 3.37. The van der Waals surface area contributed by atoms with E-state index in [2.05, 4.69) is 10.4 Å². The van der Waals surface area contributed by atoms with Gasteiger partial charge in [0.05, 0.1) is 18.4 Å². The van der Waals surface area contributed by atoms with E-state index in [-0.39, 0.29) is 0 Å². The van der Waals surface area contributed by atoms with Gasteiger partial charge in [-0.3, -0.25) is 14.3 Å². The lowest BCUT2D eigenvalue weighted by Crippen LogP contribution is -2.19. The molecule has 0 fully saturated rings. The Balaban J connectivity index is 2.14. The van der Waals surface area contributed by atoms with E-state index < -0.39 is 11.7 Å². The Morgan fingerprint density at radius 3 is 2.55 bits per heavy atom. The van der Waals surface area contributed by atoms with Crippen molar-refractivity contribution >= 4 is 40.6 Å². The summed E-state index contributed by atoms with van der Waals surface area (Å²) < 4.78 is 1.57. The van der Waals surface area contributed by atoms with E-state index in [1.54, 1.807) is 29.1 Å². The molecule has 0 saturated heterocycles. The van der Waals surface area contributed by atoms with Crippen LogP contribution in [0.4, 0.5) is 5.69 Å². The van der Waals surface area contributed by atoms with Crippen LogP contribution in [0.25, 0.3) is 0 Å². The minimum absolute atomic E-state index is 0.369. The minimum atomic E-state index is -0.680. The number of anilines is 1. The SMILES string of the molecule is CC(=O)C(=O)Nc1cnn(Cc2c(Cl)cccc2Cl)c1. The van der Waals surface area contributed by atoms with Gasteiger partial charge in [0, 0.05) is 28.7 Å². The standard InChI is InChI=1S/C13H11Cl2N3O2/c1-8(19)13(20)17-9-5-16-18(6-9)7-10-11(14)3-2-4-12(10)15/h2-6H,7H2,1H3,(H,17,20). The highest BCUT2D eigenvalue weighted by atomic mass is 35.5. The molecule has 1 N–H and O–H groups in total. The first-order chi connectivity index (χ1) is 9.47. The van der Waals surface area contributed by atoms with Crippen LogP contribution >= 0.6 is 23.2 Å². The Hall–Kier alpha value is -1.85. The molecule has 104 valence electrons. The van der Waals surface area contributed by atoms with E-state index in [0.717, 1.165) is 5.56 Å². The fraction of sp³-hybridized carbons (Fsp3) is 0.154. The molecule has 0 unspecified atom stereocenters. The fourth-order valence-electron chi connectivity index (χ4n) is 1.58. The van der Waals surface area contributed by atoms with Gasteiger partial charge in [-0.15, -0.1) is 0 Å². The zero-order valence-corrected chi connectivity index (χ0v) is 12.1. The second kappa shape index (κ2) is 6.07. The lowest BCUT2D eigenvalue weighted by atomic mass is 10.2. The molecule has 0 spiro atoms. The fourth-order valence-corrected chi connectivity index (χ4v) is 2.10. The van der Waals surface area contributed by atoms with Crippen molar-refractivity contribution in [2.24, 2.45) is 0 Å². The maximum Gasteiger partial charge on any atom is 0.291 e. The average Bonchev–Trinajstić information content (AvgIpc) is 2.81. The molecule has 5 nitrogen and oxygen atoms in total. The number of ketones is 1. The van der Waals surface area contributed by atoms with Crippen LogP contribution in [0.3, 0.4) is 0 Å². The highest BCUT2D eigenvalue weighted by Crippen LogP contribution is 2.25. The van der Waals surface area contributed by atoms with E-state index in [9.17, 15) is 9.59 Å². The molecule has 0 aliphatic heterocycles. The van der Waals surface area contributed by atoms with Crippen molar-refractivity contribution in [3.63, 3.8) is 0 Å². The number of aromatic nitrogens is 2. The van der Waals surface area contributed by atoms with Gasteiger partial charge in [0.25, 0.3) is 5.91 Å². The van der Waals surface area contributed by atoms with Crippen molar-refractivity contribution in [3.05, 3.63) is 46.2 Å². The van der Waals surface area contributed by atoms with Crippen LogP contribution in [0.15, 0.2) is 30.6 Å². The molecule has 0 bridgehead atoms. The van der Waals surface area contributed by atoms with E-state index >= 15 is 0 Å². The van der Waals surface area contributed by atoms with Crippen LogP contribution in [0.2, 0.25) is 10.0 Å². The number of amides is 1. The van der Waals surface area contributed by atoms with E-state index in [1.807, 2.05) is 0 Å². The van der Waals surface area contributed by atoms with Crippen molar-refractivity contribution in [1.82, 2.24) is 9.78 Å². The molecule has 2 aromatic rings. The van der Waals surface area contributed by atoms with Crippen molar-refractivity contribution in [2.45, 2.75) is 13.5 Å². The van der Waals surface area contributed by atoms with Crippen LogP contribution in [0.5, 0.6) is 0 Å². The summed E-state index contributed by atoms with van der Waals surface area (Å²) in [5, 5.41) is 7.61. The molecule has 1 heterocycles. The summed E-state index contributed by atoms with van der Waals surface area (Å²) in [4.78, 5) is 22.1. The van der Waals surface area contributed by atoms with E-state index in [0.29, 0.717) is 22.3 Å². The van der Waals surface area contributed by atoms with Crippen molar-refractivity contribution < 1.29 is 9.59 Å². The first-order valence-corrected chi connectivity index (χ1v) is 6.50. The normalized spacial score (nSPS) is 10.3. The summed E-state index contributed by atoms with van der Waals surface area (Å²) in [6, 6.07) is 5.24. The number of benzene rings is 1. The Labute approximate surface area is 125 Å². The molecule has 20 heavy (non-hydrogen) atoms. The minimum Gasteiger partial charge on any atom is -0.317 e. The molecule has 2 rings (SSSR count). The summed E-state index contributed by atoms with van der Waals surface area (Å²) in [6.45, 7) is 1.57. The Morgan fingerprint density at radius 1 is 1.30 bits per heavy atom.